The second-order valence-electron chi connectivity index (χ2n) is 5.54. The first-order valence-electron chi connectivity index (χ1n) is 6.46. The quantitative estimate of drug-likeness (QED) is 0.888. The number of hydrogen-bond donors (Lipinski definition) is 1. The van der Waals surface area contributed by atoms with Gasteiger partial charge in [0.05, 0.1) is 6.42 Å². The van der Waals surface area contributed by atoms with Gasteiger partial charge in [0.25, 0.3) is 0 Å². The van der Waals surface area contributed by atoms with Crippen molar-refractivity contribution in [2.24, 2.45) is 5.92 Å². The molecule has 0 saturated carbocycles. The van der Waals surface area contributed by atoms with Crippen LogP contribution in [0, 0.1) is 26.7 Å². The average molecular weight is 247 g/mol. The number of hydrogen-bond acceptors (Lipinski definition) is 2. The summed E-state index contributed by atoms with van der Waals surface area (Å²) >= 11 is 0. The molecule has 1 saturated heterocycles. The number of aliphatic carboxylic acids is 1. The second-order valence-corrected chi connectivity index (χ2v) is 5.54. The predicted molar refractivity (Wildman–Crippen MR) is 71.7 cm³/mol. The summed E-state index contributed by atoms with van der Waals surface area (Å²) in [6.45, 7) is 9.22. The molecule has 0 aromatic heterocycles. The minimum atomic E-state index is -0.678. The number of nitrogens with zero attached hydrogens (tertiary/aromatic N) is 1. The lowest BCUT2D eigenvalue weighted by atomic mass is 9.93. The molecule has 1 aromatic rings. The molecule has 1 aromatic carbocycles. The molecule has 0 radical (unpaired) electrons. The van der Waals surface area contributed by atoms with Gasteiger partial charge in [-0.05, 0) is 43.4 Å². The highest BCUT2D eigenvalue weighted by Gasteiger charge is 2.28. The van der Waals surface area contributed by atoms with Gasteiger partial charge in [-0.15, -0.1) is 0 Å². The summed E-state index contributed by atoms with van der Waals surface area (Å²) in [5, 5.41) is 8.73. The Morgan fingerprint density at radius 3 is 2.33 bits per heavy atom. The van der Waals surface area contributed by atoms with Crippen molar-refractivity contribution in [3.05, 3.63) is 34.4 Å². The number of rotatable bonds is 4. The fourth-order valence-corrected chi connectivity index (χ4v) is 2.86. The first-order valence-corrected chi connectivity index (χ1v) is 6.46. The van der Waals surface area contributed by atoms with Gasteiger partial charge in [-0.25, -0.2) is 0 Å². The van der Waals surface area contributed by atoms with Gasteiger partial charge < -0.3 is 5.11 Å². The summed E-state index contributed by atoms with van der Waals surface area (Å²) in [6.07, 6.45) is 0.308. The third-order valence-electron chi connectivity index (χ3n) is 3.72. The Kier molecular flexibility index (Phi) is 3.71. The number of likely N-dealkylation sites (tertiary alicyclic amines) is 1. The largest absolute Gasteiger partial charge is 0.481 e. The molecule has 1 aliphatic rings. The van der Waals surface area contributed by atoms with E-state index in [0.717, 1.165) is 19.6 Å². The van der Waals surface area contributed by atoms with Crippen LogP contribution in [-0.4, -0.2) is 29.1 Å². The van der Waals surface area contributed by atoms with Crippen LogP contribution in [-0.2, 0) is 11.3 Å². The molecule has 3 nitrogen and oxygen atoms in total. The molecule has 1 fully saturated rings. The predicted octanol–water partition coefficient (Wildman–Crippen LogP) is 2.52. The molecule has 0 spiro atoms. The molecule has 0 aliphatic carbocycles. The highest BCUT2D eigenvalue weighted by Crippen LogP contribution is 2.24. The zero-order valence-electron chi connectivity index (χ0n) is 11.4. The zero-order chi connectivity index (χ0) is 13.3. The normalized spacial score (nSPS) is 16.6. The number of carboxylic acid groups (broad SMARTS) is 1. The number of carbonyl (C=O) groups is 1. The number of carboxylic acids is 1. The van der Waals surface area contributed by atoms with E-state index in [-0.39, 0.29) is 0 Å². The van der Waals surface area contributed by atoms with E-state index >= 15 is 0 Å². The van der Waals surface area contributed by atoms with E-state index in [0.29, 0.717) is 12.3 Å². The van der Waals surface area contributed by atoms with Gasteiger partial charge in [-0.3, -0.25) is 9.69 Å². The molecule has 0 bridgehead atoms. The number of benzene rings is 1. The van der Waals surface area contributed by atoms with Crippen molar-refractivity contribution < 1.29 is 9.90 Å². The lowest BCUT2D eigenvalue weighted by Crippen LogP contribution is -2.46. The Morgan fingerprint density at radius 1 is 1.28 bits per heavy atom. The molecule has 1 N–H and O–H groups in total. The van der Waals surface area contributed by atoms with E-state index in [9.17, 15) is 4.79 Å². The van der Waals surface area contributed by atoms with Gasteiger partial charge in [0.2, 0.25) is 0 Å². The van der Waals surface area contributed by atoms with E-state index in [1.54, 1.807) is 0 Å². The van der Waals surface area contributed by atoms with Crippen LogP contribution in [0.3, 0.4) is 0 Å². The van der Waals surface area contributed by atoms with Gasteiger partial charge in [0.1, 0.15) is 0 Å². The Morgan fingerprint density at radius 2 is 1.83 bits per heavy atom. The van der Waals surface area contributed by atoms with Crippen LogP contribution in [0.4, 0.5) is 0 Å². The maximum atomic E-state index is 10.6. The molecule has 98 valence electrons. The summed E-state index contributed by atoms with van der Waals surface area (Å²) in [6, 6.07) is 4.44. The Hall–Kier alpha value is -1.35. The van der Waals surface area contributed by atoms with E-state index in [1.165, 1.54) is 22.3 Å². The van der Waals surface area contributed by atoms with Crippen LogP contribution in [0.5, 0.6) is 0 Å². The summed E-state index contributed by atoms with van der Waals surface area (Å²) in [5.41, 5.74) is 5.39. The molecular weight excluding hydrogens is 226 g/mol. The van der Waals surface area contributed by atoms with Crippen LogP contribution in [0.2, 0.25) is 0 Å². The van der Waals surface area contributed by atoms with Crippen LogP contribution >= 0.6 is 0 Å². The van der Waals surface area contributed by atoms with Crippen LogP contribution < -0.4 is 0 Å². The van der Waals surface area contributed by atoms with Crippen molar-refractivity contribution >= 4 is 5.97 Å². The fourth-order valence-electron chi connectivity index (χ4n) is 2.86. The van der Waals surface area contributed by atoms with Crippen LogP contribution in [0.25, 0.3) is 0 Å². The first-order chi connectivity index (χ1) is 8.45. The molecule has 1 aliphatic heterocycles. The van der Waals surface area contributed by atoms with Gasteiger partial charge in [-0.1, -0.05) is 17.7 Å². The van der Waals surface area contributed by atoms with Crippen molar-refractivity contribution in [3.63, 3.8) is 0 Å². The summed E-state index contributed by atoms with van der Waals surface area (Å²) < 4.78 is 0. The van der Waals surface area contributed by atoms with E-state index < -0.39 is 5.97 Å². The highest BCUT2D eigenvalue weighted by atomic mass is 16.4. The van der Waals surface area contributed by atoms with Gasteiger partial charge in [0, 0.05) is 19.6 Å². The maximum absolute atomic E-state index is 10.6. The Bertz CT molecular complexity index is 439. The van der Waals surface area contributed by atoms with Crippen LogP contribution in [0.15, 0.2) is 12.1 Å². The monoisotopic (exact) mass is 247 g/mol. The van der Waals surface area contributed by atoms with Crippen molar-refractivity contribution in [1.82, 2.24) is 4.90 Å². The third kappa shape index (κ3) is 2.91. The molecule has 3 heteroatoms. The Balaban J connectivity index is 1.94. The maximum Gasteiger partial charge on any atom is 0.303 e. The molecule has 18 heavy (non-hydrogen) atoms. The molecule has 0 atom stereocenters. The lowest BCUT2D eigenvalue weighted by molar-refractivity contribution is -0.139. The topological polar surface area (TPSA) is 40.5 Å². The average Bonchev–Trinajstić information content (AvgIpc) is 2.17. The smallest absolute Gasteiger partial charge is 0.303 e. The Labute approximate surface area is 108 Å². The molecule has 1 heterocycles. The minimum Gasteiger partial charge on any atom is -0.481 e. The molecule has 2 rings (SSSR count). The summed E-state index contributed by atoms with van der Waals surface area (Å²) in [5.74, 6) is -0.337. The lowest BCUT2D eigenvalue weighted by Gasteiger charge is -2.39. The first kappa shape index (κ1) is 13.1. The SMILES string of the molecule is Cc1cc(C)c(CN2CC(CC(=O)O)C2)c(C)c1. The summed E-state index contributed by atoms with van der Waals surface area (Å²) in [4.78, 5) is 12.9. The van der Waals surface area contributed by atoms with E-state index in [4.69, 9.17) is 5.11 Å². The standard InChI is InChI=1S/C15H21NO2/c1-10-4-11(2)14(12(3)5-10)9-16-7-13(8-16)6-15(17)18/h4-5,13H,6-9H2,1-3H3,(H,17,18). The van der Waals surface area contributed by atoms with E-state index in [2.05, 4.69) is 37.8 Å². The third-order valence-corrected chi connectivity index (χ3v) is 3.72. The molecule has 0 unspecified atom stereocenters. The van der Waals surface area contributed by atoms with Crippen molar-refractivity contribution in [2.45, 2.75) is 33.7 Å². The van der Waals surface area contributed by atoms with Crippen molar-refractivity contribution in [3.8, 4) is 0 Å². The van der Waals surface area contributed by atoms with Gasteiger partial charge in [0.15, 0.2) is 0 Å². The molecule has 0 amide bonds. The van der Waals surface area contributed by atoms with Gasteiger partial charge in [-0.2, -0.15) is 0 Å². The highest BCUT2D eigenvalue weighted by molar-refractivity contribution is 5.67. The van der Waals surface area contributed by atoms with Crippen molar-refractivity contribution in [1.29, 1.82) is 0 Å². The minimum absolute atomic E-state index is 0.308. The van der Waals surface area contributed by atoms with Gasteiger partial charge >= 0.3 is 5.97 Å². The number of aryl methyl sites for hydroxylation is 3. The van der Waals surface area contributed by atoms with Crippen LogP contribution in [0.1, 0.15) is 28.7 Å². The van der Waals surface area contributed by atoms with Crippen molar-refractivity contribution in [2.75, 3.05) is 13.1 Å². The van der Waals surface area contributed by atoms with E-state index in [1.807, 2.05) is 0 Å². The summed E-state index contributed by atoms with van der Waals surface area (Å²) in [7, 11) is 0. The fraction of sp³-hybridized carbons (Fsp3) is 0.533. The zero-order valence-corrected chi connectivity index (χ0v) is 11.4. The molecular formula is C15H21NO2. The second kappa shape index (κ2) is 5.11.